The van der Waals surface area contributed by atoms with Crippen LogP contribution in [0.1, 0.15) is 23.2 Å². The number of rotatable bonds is 4. The second-order valence-corrected chi connectivity index (χ2v) is 10.3. The third kappa shape index (κ3) is 10.8. The first-order valence-electron chi connectivity index (χ1n) is 12.8. The van der Waals surface area contributed by atoms with Crippen LogP contribution in [0.5, 0.6) is 0 Å². The maximum absolute atomic E-state index is 13.2. The number of nitrogens with zero attached hydrogens (tertiary/aromatic N) is 3. The fraction of sp³-hybridized carbons (Fsp3) is 0.577. The smallest absolute Gasteiger partial charge is 0.475 e. The average molecular weight is 613 g/mol. The predicted octanol–water partition coefficient (Wildman–Crippen LogP) is 3.55. The van der Waals surface area contributed by atoms with Crippen LogP contribution in [0, 0.1) is 5.41 Å². The number of likely N-dealkylation sites (N-methyl/N-ethyl adjacent to an activating group) is 1. The zero-order valence-electron chi connectivity index (χ0n) is 23.1. The van der Waals surface area contributed by atoms with E-state index in [1.165, 1.54) is 0 Å². The predicted molar refractivity (Wildman–Crippen MR) is 139 cm³/mol. The number of amides is 1. The minimum Gasteiger partial charge on any atom is -0.475 e. The topological polar surface area (TPSA) is 126 Å². The SMILES string of the molecule is CN(C)CCN1CCOCC2(CCCN(C(=O)c3ccc4cc[nH]c4c3)C2)C1.O=C(O)C(F)(F)F.O=C(O)C(F)(F)F. The number of piperidine rings is 1. The van der Waals surface area contributed by atoms with E-state index in [9.17, 15) is 31.1 Å². The van der Waals surface area contributed by atoms with Crippen LogP contribution in [0.3, 0.4) is 0 Å². The molecule has 2 aliphatic heterocycles. The molecule has 2 aliphatic rings. The Bertz CT molecular complexity index is 1180. The van der Waals surface area contributed by atoms with Gasteiger partial charge in [-0.2, -0.15) is 26.3 Å². The molecule has 236 valence electrons. The van der Waals surface area contributed by atoms with Gasteiger partial charge in [-0.1, -0.05) is 6.07 Å². The Kier molecular flexibility index (Phi) is 12.2. The van der Waals surface area contributed by atoms with Crippen LogP contribution in [0.4, 0.5) is 26.3 Å². The number of benzene rings is 1. The third-order valence-electron chi connectivity index (χ3n) is 6.62. The minimum atomic E-state index is -5.08. The van der Waals surface area contributed by atoms with Crippen molar-refractivity contribution in [3.63, 3.8) is 0 Å². The molecule has 16 heteroatoms. The van der Waals surface area contributed by atoms with Crippen molar-refractivity contribution in [3.05, 3.63) is 36.0 Å². The van der Waals surface area contributed by atoms with Crippen molar-refractivity contribution in [2.75, 3.05) is 66.6 Å². The summed E-state index contributed by atoms with van der Waals surface area (Å²) >= 11 is 0. The molecule has 2 saturated heterocycles. The monoisotopic (exact) mass is 612 g/mol. The number of nitrogens with one attached hydrogen (secondary N) is 1. The van der Waals surface area contributed by atoms with Gasteiger partial charge in [0.1, 0.15) is 0 Å². The van der Waals surface area contributed by atoms with E-state index in [0.29, 0.717) is 0 Å². The van der Waals surface area contributed by atoms with E-state index in [1.807, 2.05) is 35.4 Å². The van der Waals surface area contributed by atoms with Crippen LogP contribution >= 0.6 is 0 Å². The number of aromatic amines is 1. The van der Waals surface area contributed by atoms with Gasteiger partial charge in [-0.05, 0) is 50.5 Å². The zero-order valence-corrected chi connectivity index (χ0v) is 23.1. The highest BCUT2D eigenvalue weighted by molar-refractivity contribution is 5.98. The van der Waals surface area contributed by atoms with Crippen LogP contribution in [-0.4, -0.2) is 127 Å². The molecular weight excluding hydrogens is 578 g/mol. The Morgan fingerprint density at radius 3 is 2.19 bits per heavy atom. The molecular formula is C26H34F6N4O6. The van der Waals surface area contributed by atoms with Crippen molar-refractivity contribution < 1.29 is 55.7 Å². The molecule has 10 nitrogen and oxygen atoms in total. The highest BCUT2D eigenvalue weighted by Crippen LogP contribution is 2.34. The molecule has 3 N–H and O–H groups in total. The highest BCUT2D eigenvalue weighted by atomic mass is 19.4. The number of carbonyl (C=O) groups excluding carboxylic acids is 1. The number of carboxylic acid groups (broad SMARTS) is 2. The number of hydrogen-bond acceptors (Lipinski definition) is 6. The molecule has 2 aromatic rings. The fourth-order valence-electron chi connectivity index (χ4n) is 4.61. The standard InChI is InChI=1S/C22H32N4O2.2C2HF3O2/c1-24(2)10-11-25-12-13-28-17-22(15-25)7-3-9-26(16-22)21(27)19-5-4-18-6-8-23-20(18)14-19;2*3-2(4,5)1(6)7/h4-6,8,14,23H,3,7,9-13,15-17H2,1-2H3;2*(H,6,7). The van der Waals surface area contributed by atoms with Crippen LogP contribution in [0.25, 0.3) is 10.9 Å². The Morgan fingerprint density at radius 1 is 1.00 bits per heavy atom. The van der Waals surface area contributed by atoms with Gasteiger partial charge in [0, 0.05) is 62.0 Å². The maximum Gasteiger partial charge on any atom is 0.490 e. The van der Waals surface area contributed by atoms with E-state index in [2.05, 4.69) is 28.9 Å². The van der Waals surface area contributed by atoms with Crippen LogP contribution in [0.2, 0.25) is 0 Å². The lowest BCUT2D eigenvalue weighted by atomic mass is 9.80. The summed E-state index contributed by atoms with van der Waals surface area (Å²) in [6.07, 6.45) is -6.08. The van der Waals surface area contributed by atoms with Crippen molar-refractivity contribution in [1.82, 2.24) is 19.7 Å². The Hall–Kier alpha value is -3.37. The first kappa shape index (κ1) is 34.8. The lowest BCUT2D eigenvalue weighted by Gasteiger charge is -2.43. The van der Waals surface area contributed by atoms with Gasteiger partial charge in [0.2, 0.25) is 0 Å². The van der Waals surface area contributed by atoms with E-state index in [4.69, 9.17) is 24.5 Å². The van der Waals surface area contributed by atoms with Gasteiger partial charge >= 0.3 is 24.3 Å². The number of hydrogen-bond donors (Lipinski definition) is 3. The molecule has 1 aromatic heterocycles. The fourth-order valence-corrected chi connectivity index (χ4v) is 4.61. The molecule has 0 aliphatic carbocycles. The molecule has 2 fully saturated rings. The third-order valence-corrected chi connectivity index (χ3v) is 6.62. The zero-order chi connectivity index (χ0) is 31.7. The number of aromatic nitrogens is 1. The molecule has 0 bridgehead atoms. The highest BCUT2D eigenvalue weighted by Gasteiger charge is 2.41. The number of likely N-dealkylation sites (tertiary alicyclic amines) is 1. The lowest BCUT2D eigenvalue weighted by Crippen LogP contribution is -2.52. The van der Waals surface area contributed by atoms with Gasteiger partial charge in [0.25, 0.3) is 5.91 Å². The molecule has 42 heavy (non-hydrogen) atoms. The molecule has 1 atom stereocenters. The molecule has 1 unspecified atom stereocenters. The normalized spacial score (nSPS) is 19.9. The van der Waals surface area contributed by atoms with Gasteiger partial charge in [-0.15, -0.1) is 0 Å². The molecule has 1 spiro atoms. The van der Waals surface area contributed by atoms with Crippen LogP contribution in [0.15, 0.2) is 30.5 Å². The molecule has 1 amide bonds. The van der Waals surface area contributed by atoms with Gasteiger partial charge in [-0.25, -0.2) is 9.59 Å². The summed E-state index contributed by atoms with van der Waals surface area (Å²) in [6.45, 7) is 7.25. The van der Waals surface area contributed by atoms with Gasteiger partial charge in [-0.3, -0.25) is 9.69 Å². The number of H-pyrrole nitrogens is 1. The quantitative estimate of drug-likeness (QED) is 0.448. The molecule has 3 heterocycles. The maximum atomic E-state index is 13.2. The molecule has 4 rings (SSSR count). The Labute approximate surface area is 237 Å². The van der Waals surface area contributed by atoms with E-state index in [0.717, 1.165) is 81.8 Å². The molecule has 0 radical (unpaired) electrons. The largest absolute Gasteiger partial charge is 0.490 e. The van der Waals surface area contributed by atoms with Crippen LogP contribution in [-0.2, 0) is 14.3 Å². The Morgan fingerprint density at radius 2 is 1.62 bits per heavy atom. The number of aliphatic carboxylic acids is 2. The van der Waals surface area contributed by atoms with Gasteiger partial charge < -0.3 is 29.7 Å². The second kappa shape index (κ2) is 14.7. The first-order valence-corrected chi connectivity index (χ1v) is 12.8. The van der Waals surface area contributed by atoms with E-state index >= 15 is 0 Å². The number of fused-ring (bicyclic) bond motifs is 1. The number of halogens is 6. The number of alkyl halides is 6. The summed E-state index contributed by atoms with van der Waals surface area (Å²) in [6, 6.07) is 7.99. The number of ether oxygens (including phenoxy) is 1. The van der Waals surface area contributed by atoms with Gasteiger partial charge in [0.05, 0.1) is 13.2 Å². The van der Waals surface area contributed by atoms with E-state index in [1.54, 1.807) is 0 Å². The lowest BCUT2D eigenvalue weighted by molar-refractivity contribution is -0.193. The van der Waals surface area contributed by atoms with Crippen molar-refractivity contribution in [2.45, 2.75) is 25.2 Å². The first-order chi connectivity index (χ1) is 19.4. The van der Waals surface area contributed by atoms with E-state index < -0.39 is 24.3 Å². The summed E-state index contributed by atoms with van der Waals surface area (Å²) in [7, 11) is 4.23. The summed E-state index contributed by atoms with van der Waals surface area (Å²) in [4.78, 5) is 41.0. The van der Waals surface area contributed by atoms with Crippen LogP contribution < -0.4 is 0 Å². The average Bonchev–Trinajstić information content (AvgIpc) is 3.28. The van der Waals surface area contributed by atoms with Crippen molar-refractivity contribution in [1.29, 1.82) is 0 Å². The summed E-state index contributed by atoms with van der Waals surface area (Å²) in [5.41, 5.74) is 1.84. The number of carbonyl (C=O) groups is 3. The molecule has 1 aromatic carbocycles. The Balaban J connectivity index is 0.000000367. The molecule has 0 saturated carbocycles. The van der Waals surface area contributed by atoms with Gasteiger partial charge in [0.15, 0.2) is 0 Å². The van der Waals surface area contributed by atoms with Crippen molar-refractivity contribution in [3.8, 4) is 0 Å². The summed E-state index contributed by atoms with van der Waals surface area (Å²) in [5, 5.41) is 15.4. The van der Waals surface area contributed by atoms with E-state index in [-0.39, 0.29) is 11.3 Å². The number of carboxylic acids is 2. The minimum absolute atomic E-state index is 0.0489. The summed E-state index contributed by atoms with van der Waals surface area (Å²) < 4.78 is 69.5. The summed E-state index contributed by atoms with van der Waals surface area (Å²) in [5.74, 6) is -5.38. The van der Waals surface area contributed by atoms with Crippen molar-refractivity contribution >= 4 is 28.7 Å². The van der Waals surface area contributed by atoms with Crippen molar-refractivity contribution in [2.24, 2.45) is 5.41 Å². The second-order valence-electron chi connectivity index (χ2n) is 10.3.